The summed E-state index contributed by atoms with van der Waals surface area (Å²) in [6.45, 7) is 9.04. The van der Waals surface area contributed by atoms with Crippen molar-refractivity contribution < 1.29 is 0 Å². The summed E-state index contributed by atoms with van der Waals surface area (Å²) >= 11 is 1.71. The molecule has 0 bridgehead atoms. The molecule has 2 aromatic rings. The third-order valence-corrected chi connectivity index (χ3v) is 5.00. The number of hydrogen-bond acceptors (Lipinski definition) is 4. The Kier molecular flexibility index (Phi) is 4.38. The topological polar surface area (TPSA) is 32.6 Å². The Morgan fingerprint density at radius 1 is 1.40 bits per heavy atom. The molecule has 5 heteroatoms. The molecule has 0 atom stereocenters. The molecule has 0 aromatic carbocycles. The predicted molar refractivity (Wildman–Crippen MR) is 84.4 cm³/mol. The lowest BCUT2D eigenvalue weighted by atomic mass is 10.0. The van der Waals surface area contributed by atoms with Crippen LogP contribution in [0.4, 0.5) is 0 Å². The number of fused-ring (bicyclic) bond motifs is 1. The maximum Gasteiger partial charge on any atom is 0.194 e. The van der Waals surface area contributed by atoms with E-state index >= 15 is 0 Å². The van der Waals surface area contributed by atoms with Gasteiger partial charge in [0.25, 0.3) is 0 Å². The second-order valence-corrected chi connectivity index (χ2v) is 6.57. The van der Waals surface area contributed by atoms with Gasteiger partial charge in [-0.3, -0.25) is 4.40 Å². The van der Waals surface area contributed by atoms with Gasteiger partial charge in [0.15, 0.2) is 4.96 Å². The molecule has 1 saturated heterocycles. The summed E-state index contributed by atoms with van der Waals surface area (Å²) in [6.07, 6.45) is 5.93. The smallest absolute Gasteiger partial charge is 0.194 e. The zero-order chi connectivity index (χ0) is 13.9. The quantitative estimate of drug-likeness (QED) is 0.919. The number of nitrogens with one attached hydrogen (secondary N) is 1. The van der Waals surface area contributed by atoms with Crippen LogP contribution in [0.2, 0.25) is 0 Å². The van der Waals surface area contributed by atoms with Crippen LogP contribution >= 0.6 is 11.3 Å². The molecule has 0 radical (unpaired) electrons. The molecular weight excluding hydrogens is 268 g/mol. The highest BCUT2D eigenvalue weighted by molar-refractivity contribution is 7.15. The van der Waals surface area contributed by atoms with Gasteiger partial charge in [-0.15, -0.1) is 11.3 Å². The first-order valence-corrected chi connectivity index (χ1v) is 8.52. The van der Waals surface area contributed by atoms with Crippen molar-refractivity contribution in [2.75, 3.05) is 19.6 Å². The maximum atomic E-state index is 4.61. The summed E-state index contributed by atoms with van der Waals surface area (Å²) < 4.78 is 2.22. The number of thiazole rings is 1. The van der Waals surface area contributed by atoms with E-state index in [4.69, 9.17) is 0 Å². The van der Waals surface area contributed by atoms with Gasteiger partial charge >= 0.3 is 0 Å². The Hall–Kier alpha value is -0.910. The molecule has 3 heterocycles. The summed E-state index contributed by atoms with van der Waals surface area (Å²) in [6, 6.07) is 0.659. The first-order valence-electron chi connectivity index (χ1n) is 7.64. The molecule has 0 unspecified atom stereocenters. The predicted octanol–water partition coefficient (Wildman–Crippen LogP) is 2.67. The molecule has 1 N–H and O–H groups in total. The fourth-order valence-corrected chi connectivity index (χ4v) is 3.85. The lowest BCUT2D eigenvalue weighted by molar-refractivity contribution is 0.197. The van der Waals surface area contributed by atoms with Gasteiger partial charge < -0.3 is 10.2 Å². The van der Waals surface area contributed by atoms with Crippen LogP contribution in [0.1, 0.15) is 37.6 Å². The highest BCUT2D eigenvalue weighted by Crippen LogP contribution is 2.17. The van der Waals surface area contributed by atoms with Crippen molar-refractivity contribution in [2.45, 2.75) is 45.7 Å². The minimum atomic E-state index is 0.659. The van der Waals surface area contributed by atoms with E-state index in [-0.39, 0.29) is 0 Å². The average Bonchev–Trinajstić information content (AvgIpc) is 2.99. The number of hydrogen-bond donors (Lipinski definition) is 1. The van der Waals surface area contributed by atoms with Crippen molar-refractivity contribution in [3.05, 3.63) is 23.0 Å². The van der Waals surface area contributed by atoms with E-state index in [1.165, 1.54) is 44.6 Å². The molecule has 1 fully saturated rings. The van der Waals surface area contributed by atoms with Crippen LogP contribution in [0.15, 0.2) is 11.6 Å². The van der Waals surface area contributed by atoms with Crippen molar-refractivity contribution in [3.8, 4) is 0 Å². The van der Waals surface area contributed by atoms with Crippen LogP contribution in [0, 0.1) is 6.92 Å². The van der Waals surface area contributed by atoms with Crippen LogP contribution in [-0.4, -0.2) is 40.0 Å². The SMILES string of the molecule is CCCN1CCC(NCc2c(C)nc3sccn23)CC1. The second-order valence-electron chi connectivity index (χ2n) is 5.70. The fourth-order valence-electron chi connectivity index (χ4n) is 3.07. The Morgan fingerprint density at radius 2 is 2.20 bits per heavy atom. The molecule has 0 saturated carbocycles. The van der Waals surface area contributed by atoms with Crippen molar-refractivity contribution in [1.82, 2.24) is 19.6 Å². The summed E-state index contributed by atoms with van der Waals surface area (Å²) in [5, 5.41) is 5.83. The summed E-state index contributed by atoms with van der Waals surface area (Å²) in [4.78, 5) is 8.30. The Bertz CT molecular complexity index is 551. The molecule has 4 nitrogen and oxygen atoms in total. The molecule has 110 valence electrons. The van der Waals surface area contributed by atoms with E-state index < -0.39 is 0 Å². The van der Waals surface area contributed by atoms with Gasteiger partial charge in [-0.1, -0.05) is 6.92 Å². The van der Waals surface area contributed by atoms with Gasteiger partial charge in [0, 0.05) is 24.2 Å². The van der Waals surface area contributed by atoms with Crippen LogP contribution in [0.5, 0.6) is 0 Å². The largest absolute Gasteiger partial charge is 0.308 e. The van der Waals surface area contributed by atoms with E-state index in [0.717, 1.165) is 17.2 Å². The molecule has 3 rings (SSSR count). The number of rotatable bonds is 5. The third kappa shape index (κ3) is 2.90. The Morgan fingerprint density at radius 3 is 2.95 bits per heavy atom. The summed E-state index contributed by atoms with van der Waals surface area (Å²) in [7, 11) is 0. The minimum Gasteiger partial charge on any atom is -0.308 e. The number of aryl methyl sites for hydroxylation is 1. The number of imidazole rings is 1. The summed E-state index contributed by atoms with van der Waals surface area (Å²) in [5.41, 5.74) is 2.48. The van der Waals surface area contributed by atoms with Gasteiger partial charge in [0.05, 0.1) is 11.4 Å². The molecule has 2 aromatic heterocycles. The highest BCUT2D eigenvalue weighted by atomic mass is 32.1. The number of nitrogens with zero attached hydrogens (tertiary/aromatic N) is 3. The first-order chi connectivity index (χ1) is 9.78. The minimum absolute atomic E-state index is 0.659. The zero-order valence-electron chi connectivity index (χ0n) is 12.4. The monoisotopic (exact) mass is 292 g/mol. The van der Waals surface area contributed by atoms with Crippen molar-refractivity contribution in [2.24, 2.45) is 0 Å². The second kappa shape index (κ2) is 6.24. The van der Waals surface area contributed by atoms with Crippen LogP contribution in [0.25, 0.3) is 4.96 Å². The van der Waals surface area contributed by atoms with E-state index in [2.05, 4.69) is 45.0 Å². The standard InChI is InChI=1S/C15H24N4S/c1-3-6-18-7-4-13(5-8-18)16-11-14-12(2)17-15-19(14)9-10-20-15/h9-10,13,16H,3-8,11H2,1-2H3. The van der Waals surface area contributed by atoms with Crippen LogP contribution in [-0.2, 0) is 6.54 Å². The first kappa shape index (κ1) is 14.0. The zero-order valence-corrected chi connectivity index (χ0v) is 13.2. The van der Waals surface area contributed by atoms with Crippen molar-refractivity contribution in [1.29, 1.82) is 0 Å². The van der Waals surface area contributed by atoms with Crippen LogP contribution in [0.3, 0.4) is 0 Å². The average molecular weight is 292 g/mol. The van der Waals surface area contributed by atoms with E-state index in [9.17, 15) is 0 Å². The molecule has 0 spiro atoms. The lowest BCUT2D eigenvalue weighted by Gasteiger charge is -2.32. The van der Waals surface area contributed by atoms with E-state index in [1.54, 1.807) is 11.3 Å². The van der Waals surface area contributed by atoms with Gasteiger partial charge in [-0.2, -0.15) is 0 Å². The summed E-state index contributed by atoms with van der Waals surface area (Å²) in [5.74, 6) is 0. The third-order valence-electron chi connectivity index (χ3n) is 4.25. The number of likely N-dealkylation sites (tertiary alicyclic amines) is 1. The molecule has 1 aliphatic rings. The Balaban J connectivity index is 1.55. The van der Waals surface area contributed by atoms with Crippen molar-refractivity contribution in [3.63, 3.8) is 0 Å². The molecule has 20 heavy (non-hydrogen) atoms. The molecule has 0 amide bonds. The van der Waals surface area contributed by atoms with Gasteiger partial charge in [-0.05, 0) is 45.8 Å². The highest BCUT2D eigenvalue weighted by Gasteiger charge is 2.19. The maximum absolute atomic E-state index is 4.61. The number of aromatic nitrogens is 2. The van der Waals surface area contributed by atoms with E-state index in [1.807, 2.05) is 0 Å². The van der Waals surface area contributed by atoms with Gasteiger partial charge in [0.2, 0.25) is 0 Å². The van der Waals surface area contributed by atoms with E-state index in [0.29, 0.717) is 6.04 Å². The van der Waals surface area contributed by atoms with Crippen LogP contribution < -0.4 is 5.32 Å². The Labute approximate surface area is 124 Å². The molecular formula is C15H24N4S. The fraction of sp³-hybridized carbons (Fsp3) is 0.667. The molecule has 1 aliphatic heterocycles. The van der Waals surface area contributed by atoms with Crippen molar-refractivity contribution >= 4 is 16.3 Å². The normalized spacial score (nSPS) is 18.1. The van der Waals surface area contributed by atoms with Gasteiger partial charge in [0.1, 0.15) is 0 Å². The number of piperidine rings is 1. The van der Waals surface area contributed by atoms with Gasteiger partial charge in [-0.25, -0.2) is 4.98 Å². The molecule has 0 aliphatic carbocycles. The lowest BCUT2D eigenvalue weighted by Crippen LogP contribution is -2.42.